The second-order valence-corrected chi connectivity index (χ2v) is 5.08. The maximum absolute atomic E-state index is 4.24. The number of hydrogen-bond acceptors (Lipinski definition) is 3. The summed E-state index contributed by atoms with van der Waals surface area (Å²) >= 11 is 0. The van der Waals surface area contributed by atoms with E-state index < -0.39 is 0 Å². The van der Waals surface area contributed by atoms with Gasteiger partial charge in [-0.25, -0.2) is 0 Å². The molecule has 3 aromatic carbocycles. The summed E-state index contributed by atoms with van der Waals surface area (Å²) in [6, 6.07) is 25.9. The fourth-order valence-electron chi connectivity index (χ4n) is 2.11. The molecule has 3 rings (SSSR count). The molecule has 0 saturated heterocycles. The molecule has 0 aliphatic rings. The summed E-state index contributed by atoms with van der Waals surface area (Å²) in [6.45, 7) is 2.08. The van der Waals surface area contributed by atoms with Crippen molar-refractivity contribution in [3.05, 3.63) is 84.4 Å². The smallest absolute Gasteiger partial charge is 0.0858 e. The summed E-state index contributed by atoms with van der Waals surface area (Å²) in [4.78, 5) is 0. The second-order valence-electron chi connectivity index (χ2n) is 5.08. The maximum Gasteiger partial charge on any atom is 0.0858 e. The van der Waals surface area contributed by atoms with Crippen molar-refractivity contribution in [1.29, 1.82) is 0 Å². The van der Waals surface area contributed by atoms with Gasteiger partial charge in [-0.05, 0) is 61.0 Å². The topological polar surface area (TPSA) is 36.8 Å². The molecular formula is C19H17N3. The standard InChI is InChI=1S/C19H17N3/c1-15-6-5-9-19(14-15)20-16-10-12-18(13-11-16)22-21-17-7-3-2-4-8-17/h2-14,20H,1H3. The molecule has 0 atom stereocenters. The van der Waals surface area contributed by atoms with Crippen molar-refractivity contribution in [3.63, 3.8) is 0 Å². The highest BCUT2D eigenvalue weighted by molar-refractivity contribution is 5.62. The van der Waals surface area contributed by atoms with Gasteiger partial charge in [0.25, 0.3) is 0 Å². The van der Waals surface area contributed by atoms with Crippen LogP contribution in [0.1, 0.15) is 5.56 Å². The summed E-state index contributed by atoms with van der Waals surface area (Å²) in [5, 5.41) is 11.8. The summed E-state index contributed by atoms with van der Waals surface area (Å²) < 4.78 is 0. The third kappa shape index (κ3) is 3.79. The second kappa shape index (κ2) is 6.68. The molecule has 0 aliphatic carbocycles. The van der Waals surface area contributed by atoms with Crippen LogP contribution in [0.2, 0.25) is 0 Å². The maximum atomic E-state index is 4.24. The zero-order valence-corrected chi connectivity index (χ0v) is 12.4. The molecule has 0 heterocycles. The molecule has 0 aliphatic heterocycles. The van der Waals surface area contributed by atoms with Gasteiger partial charge < -0.3 is 5.32 Å². The Labute approximate surface area is 130 Å². The Balaban J connectivity index is 1.69. The predicted molar refractivity (Wildman–Crippen MR) is 91.5 cm³/mol. The minimum absolute atomic E-state index is 0.832. The van der Waals surface area contributed by atoms with Gasteiger partial charge in [0, 0.05) is 11.4 Å². The number of nitrogens with one attached hydrogen (secondary N) is 1. The number of rotatable bonds is 4. The van der Waals surface area contributed by atoms with E-state index >= 15 is 0 Å². The van der Waals surface area contributed by atoms with E-state index in [1.807, 2.05) is 60.7 Å². The van der Waals surface area contributed by atoms with Crippen molar-refractivity contribution in [2.24, 2.45) is 10.2 Å². The summed E-state index contributed by atoms with van der Waals surface area (Å²) in [6.07, 6.45) is 0. The molecule has 0 aromatic heterocycles. The molecule has 0 spiro atoms. The average molecular weight is 287 g/mol. The molecule has 0 fully saturated rings. The lowest BCUT2D eigenvalue weighted by molar-refractivity contribution is 1.23. The van der Waals surface area contributed by atoms with E-state index in [4.69, 9.17) is 0 Å². The van der Waals surface area contributed by atoms with Crippen molar-refractivity contribution in [3.8, 4) is 0 Å². The minimum atomic E-state index is 0.832. The first-order valence-corrected chi connectivity index (χ1v) is 7.20. The number of anilines is 2. The van der Waals surface area contributed by atoms with Crippen LogP contribution in [0.4, 0.5) is 22.7 Å². The normalized spacial score (nSPS) is 10.8. The Morgan fingerprint density at radius 1 is 0.636 bits per heavy atom. The lowest BCUT2D eigenvalue weighted by Crippen LogP contribution is -1.89. The zero-order chi connectivity index (χ0) is 15.2. The van der Waals surface area contributed by atoms with Crippen LogP contribution in [0.3, 0.4) is 0 Å². The van der Waals surface area contributed by atoms with Gasteiger partial charge in [0.05, 0.1) is 11.4 Å². The average Bonchev–Trinajstić information content (AvgIpc) is 2.55. The van der Waals surface area contributed by atoms with E-state index in [1.54, 1.807) is 0 Å². The van der Waals surface area contributed by atoms with E-state index in [9.17, 15) is 0 Å². The van der Waals surface area contributed by atoms with E-state index in [0.29, 0.717) is 0 Å². The van der Waals surface area contributed by atoms with E-state index in [0.717, 1.165) is 22.7 Å². The van der Waals surface area contributed by atoms with Gasteiger partial charge in [0.15, 0.2) is 0 Å². The fraction of sp³-hybridized carbons (Fsp3) is 0.0526. The first-order valence-electron chi connectivity index (χ1n) is 7.20. The molecule has 3 aromatic rings. The van der Waals surface area contributed by atoms with Crippen LogP contribution < -0.4 is 5.32 Å². The third-order valence-corrected chi connectivity index (χ3v) is 3.21. The van der Waals surface area contributed by atoms with E-state index in [2.05, 4.69) is 40.7 Å². The lowest BCUT2D eigenvalue weighted by Gasteiger charge is -2.07. The van der Waals surface area contributed by atoms with Crippen LogP contribution in [-0.4, -0.2) is 0 Å². The minimum Gasteiger partial charge on any atom is -0.356 e. The monoisotopic (exact) mass is 287 g/mol. The first kappa shape index (κ1) is 14.0. The van der Waals surface area contributed by atoms with Crippen LogP contribution in [-0.2, 0) is 0 Å². The Hall–Kier alpha value is -2.94. The molecule has 108 valence electrons. The van der Waals surface area contributed by atoms with Crippen molar-refractivity contribution in [2.45, 2.75) is 6.92 Å². The number of nitrogens with zero attached hydrogens (tertiary/aromatic N) is 2. The highest BCUT2D eigenvalue weighted by Crippen LogP contribution is 2.22. The number of benzene rings is 3. The molecule has 1 N–H and O–H groups in total. The fourth-order valence-corrected chi connectivity index (χ4v) is 2.11. The van der Waals surface area contributed by atoms with Crippen molar-refractivity contribution >= 4 is 22.7 Å². The lowest BCUT2D eigenvalue weighted by atomic mass is 10.2. The largest absolute Gasteiger partial charge is 0.356 e. The van der Waals surface area contributed by atoms with Gasteiger partial charge in [0.2, 0.25) is 0 Å². The molecule has 0 unspecified atom stereocenters. The number of azo groups is 1. The predicted octanol–water partition coefficient (Wildman–Crippen LogP) is 6.15. The number of hydrogen-bond donors (Lipinski definition) is 1. The Kier molecular flexibility index (Phi) is 4.25. The molecule has 0 radical (unpaired) electrons. The Morgan fingerprint density at radius 3 is 2.00 bits per heavy atom. The van der Waals surface area contributed by atoms with Gasteiger partial charge in [0.1, 0.15) is 0 Å². The summed E-state index contributed by atoms with van der Waals surface area (Å²) in [5.41, 5.74) is 5.03. The van der Waals surface area contributed by atoms with Crippen molar-refractivity contribution in [2.75, 3.05) is 5.32 Å². The molecule has 3 heteroatoms. The van der Waals surface area contributed by atoms with Gasteiger partial charge in [-0.15, -0.1) is 0 Å². The quantitative estimate of drug-likeness (QED) is 0.574. The van der Waals surface area contributed by atoms with E-state index in [1.165, 1.54) is 5.56 Å². The molecule has 0 saturated carbocycles. The van der Waals surface area contributed by atoms with Crippen molar-refractivity contribution in [1.82, 2.24) is 0 Å². The highest BCUT2D eigenvalue weighted by atomic mass is 15.1. The van der Waals surface area contributed by atoms with E-state index in [-0.39, 0.29) is 0 Å². The third-order valence-electron chi connectivity index (χ3n) is 3.21. The van der Waals surface area contributed by atoms with Gasteiger partial charge in [-0.3, -0.25) is 0 Å². The number of aryl methyl sites for hydroxylation is 1. The molecule has 3 nitrogen and oxygen atoms in total. The van der Waals surface area contributed by atoms with Gasteiger partial charge in [-0.1, -0.05) is 30.3 Å². The SMILES string of the molecule is Cc1cccc(Nc2ccc(N=Nc3ccccc3)cc2)c1. The molecule has 0 bridgehead atoms. The van der Waals surface area contributed by atoms with Gasteiger partial charge in [-0.2, -0.15) is 10.2 Å². The zero-order valence-electron chi connectivity index (χ0n) is 12.4. The van der Waals surface area contributed by atoms with Crippen LogP contribution in [0.25, 0.3) is 0 Å². The van der Waals surface area contributed by atoms with Crippen molar-refractivity contribution < 1.29 is 0 Å². The Bertz CT molecular complexity index is 762. The first-order chi connectivity index (χ1) is 10.8. The Morgan fingerprint density at radius 2 is 1.32 bits per heavy atom. The summed E-state index contributed by atoms with van der Waals surface area (Å²) in [5.74, 6) is 0. The molecular weight excluding hydrogens is 270 g/mol. The van der Waals surface area contributed by atoms with Gasteiger partial charge >= 0.3 is 0 Å². The molecule has 22 heavy (non-hydrogen) atoms. The van der Waals surface area contributed by atoms with Crippen LogP contribution in [0, 0.1) is 6.92 Å². The van der Waals surface area contributed by atoms with Crippen LogP contribution >= 0.6 is 0 Å². The highest BCUT2D eigenvalue weighted by Gasteiger charge is 1.96. The van der Waals surface area contributed by atoms with Crippen LogP contribution in [0.15, 0.2) is 89.1 Å². The summed E-state index contributed by atoms with van der Waals surface area (Å²) in [7, 11) is 0. The molecule has 0 amide bonds. The van der Waals surface area contributed by atoms with Crippen LogP contribution in [0.5, 0.6) is 0 Å².